The number of hydrogen-bond acceptors (Lipinski definition) is 5. The average molecular weight is 448 g/mol. The molecule has 0 saturated carbocycles. The highest BCUT2D eigenvalue weighted by Crippen LogP contribution is 2.36. The van der Waals surface area contributed by atoms with Crippen molar-refractivity contribution < 1.29 is 19.1 Å². The van der Waals surface area contributed by atoms with E-state index in [0.717, 1.165) is 40.1 Å². The molecular weight excluding hydrogens is 422 g/mol. The maximum absolute atomic E-state index is 13.0. The molecule has 1 atom stereocenters. The molecule has 0 N–H and O–H groups in total. The van der Waals surface area contributed by atoms with Crippen LogP contribution >= 0.6 is 11.8 Å². The van der Waals surface area contributed by atoms with E-state index >= 15 is 0 Å². The first-order chi connectivity index (χ1) is 15.5. The summed E-state index contributed by atoms with van der Waals surface area (Å²) in [5.41, 5.74) is 1.72. The number of amides is 2. The summed E-state index contributed by atoms with van der Waals surface area (Å²) in [5, 5.41) is 1.86. The van der Waals surface area contributed by atoms with Crippen molar-refractivity contribution in [1.29, 1.82) is 0 Å². The number of ether oxygens (including phenoxy) is 2. The second-order valence-electron chi connectivity index (χ2n) is 7.65. The first-order valence-corrected chi connectivity index (χ1v) is 11.4. The van der Waals surface area contributed by atoms with Gasteiger partial charge in [0.2, 0.25) is 0 Å². The summed E-state index contributed by atoms with van der Waals surface area (Å²) >= 11 is 0.960. The quantitative estimate of drug-likeness (QED) is 0.400. The van der Waals surface area contributed by atoms with Crippen LogP contribution < -0.4 is 9.47 Å². The van der Waals surface area contributed by atoms with Crippen molar-refractivity contribution >= 4 is 39.8 Å². The molecule has 1 fully saturated rings. The van der Waals surface area contributed by atoms with Gasteiger partial charge in [0.15, 0.2) is 11.5 Å². The number of thioether (sulfide) groups is 1. The third-order valence-electron chi connectivity index (χ3n) is 5.47. The largest absolute Gasteiger partial charge is 0.493 e. The van der Waals surface area contributed by atoms with E-state index in [9.17, 15) is 9.59 Å². The van der Waals surface area contributed by atoms with E-state index in [1.807, 2.05) is 67.6 Å². The molecule has 5 nitrogen and oxygen atoms in total. The zero-order valence-electron chi connectivity index (χ0n) is 18.3. The van der Waals surface area contributed by atoms with Crippen LogP contribution in [0.1, 0.15) is 31.4 Å². The average Bonchev–Trinajstić information content (AvgIpc) is 3.07. The van der Waals surface area contributed by atoms with Crippen LogP contribution in [0.15, 0.2) is 65.6 Å². The van der Waals surface area contributed by atoms with Gasteiger partial charge in [0.1, 0.15) is 0 Å². The molecule has 164 valence electrons. The summed E-state index contributed by atoms with van der Waals surface area (Å²) in [6.07, 6.45) is 2.68. The molecule has 3 aromatic rings. The lowest BCUT2D eigenvalue weighted by Crippen LogP contribution is -2.27. The second-order valence-corrected chi connectivity index (χ2v) is 8.65. The number of fused-ring (bicyclic) bond motifs is 1. The minimum atomic E-state index is -0.285. The Bertz CT molecular complexity index is 1200. The Morgan fingerprint density at radius 3 is 2.59 bits per heavy atom. The fourth-order valence-electron chi connectivity index (χ4n) is 3.56. The van der Waals surface area contributed by atoms with Crippen molar-refractivity contribution in [2.75, 3.05) is 7.11 Å². The van der Waals surface area contributed by atoms with E-state index in [4.69, 9.17) is 9.47 Å². The van der Waals surface area contributed by atoms with Gasteiger partial charge in [-0.3, -0.25) is 14.5 Å². The van der Waals surface area contributed by atoms with Gasteiger partial charge in [-0.25, -0.2) is 0 Å². The normalized spacial score (nSPS) is 16.1. The summed E-state index contributed by atoms with van der Waals surface area (Å²) in [6, 6.07) is 19.4. The predicted molar refractivity (Wildman–Crippen MR) is 129 cm³/mol. The third kappa shape index (κ3) is 4.50. The van der Waals surface area contributed by atoms with Crippen LogP contribution in [0.2, 0.25) is 0 Å². The highest BCUT2D eigenvalue weighted by molar-refractivity contribution is 8.18. The SMILES string of the molecule is CC[C@@H](C)Oc1ccc(/C=C2\SC(=O)N(Cc3cccc4ccccc34)C2=O)cc1OC. The fourth-order valence-corrected chi connectivity index (χ4v) is 4.40. The second kappa shape index (κ2) is 9.49. The van der Waals surface area contributed by atoms with E-state index in [1.165, 1.54) is 4.90 Å². The number of carbonyl (C=O) groups is 2. The van der Waals surface area contributed by atoms with Crippen molar-refractivity contribution in [3.8, 4) is 11.5 Å². The molecule has 0 unspecified atom stereocenters. The number of imide groups is 1. The van der Waals surface area contributed by atoms with E-state index in [2.05, 4.69) is 6.92 Å². The fraction of sp³-hybridized carbons (Fsp3) is 0.231. The zero-order chi connectivity index (χ0) is 22.7. The van der Waals surface area contributed by atoms with Crippen LogP contribution in [0.4, 0.5) is 4.79 Å². The molecule has 0 radical (unpaired) electrons. The summed E-state index contributed by atoms with van der Waals surface area (Å²) < 4.78 is 11.3. The van der Waals surface area contributed by atoms with Gasteiger partial charge in [0.05, 0.1) is 24.7 Å². The topological polar surface area (TPSA) is 55.8 Å². The molecular formula is C26H25NO4S. The van der Waals surface area contributed by atoms with Gasteiger partial charge >= 0.3 is 0 Å². The van der Waals surface area contributed by atoms with Gasteiger partial charge < -0.3 is 9.47 Å². The number of nitrogens with zero attached hydrogens (tertiary/aromatic N) is 1. The molecule has 3 aromatic carbocycles. The van der Waals surface area contributed by atoms with Gasteiger partial charge in [-0.15, -0.1) is 0 Å². The van der Waals surface area contributed by atoms with E-state index < -0.39 is 0 Å². The zero-order valence-corrected chi connectivity index (χ0v) is 19.1. The number of benzene rings is 3. The highest BCUT2D eigenvalue weighted by Gasteiger charge is 2.35. The molecule has 1 aliphatic rings. The smallest absolute Gasteiger partial charge is 0.293 e. The minimum Gasteiger partial charge on any atom is -0.493 e. The Hall–Kier alpha value is -3.25. The first kappa shape index (κ1) is 22.0. The predicted octanol–water partition coefficient (Wildman–Crippen LogP) is 6.26. The van der Waals surface area contributed by atoms with Crippen LogP contribution in [-0.2, 0) is 11.3 Å². The van der Waals surface area contributed by atoms with Gasteiger partial charge in [0.25, 0.3) is 11.1 Å². The number of rotatable bonds is 7. The molecule has 4 rings (SSSR count). The number of carbonyl (C=O) groups excluding carboxylic acids is 2. The molecule has 1 heterocycles. The van der Waals surface area contributed by atoms with Gasteiger partial charge in [-0.05, 0) is 65.2 Å². The lowest BCUT2D eigenvalue weighted by Gasteiger charge is -2.16. The molecule has 1 aliphatic heterocycles. The van der Waals surface area contributed by atoms with Crippen molar-refractivity contribution in [1.82, 2.24) is 4.90 Å². The molecule has 0 aliphatic carbocycles. The van der Waals surface area contributed by atoms with Crippen LogP contribution in [-0.4, -0.2) is 29.3 Å². The Kier molecular flexibility index (Phi) is 6.51. The highest BCUT2D eigenvalue weighted by atomic mass is 32.2. The minimum absolute atomic E-state index is 0.0697. The van der Waals surface area contributed by atoms with E-state index in [0.29, 0.717) is 16.4 Å². The van der Waals surface area contributed by atoms with Gasteiger partial charge in [-0.2, -0.15) is 0 Å². The van der Waals surface area contributed by atoms with Crippen LogP contribution in [0.3, 0.4) is 0 Å². The maximum atomic E-state index is 13.0. The summed E-state index contributed by atoms with van der Waals surface area (Å²) in [5.74, 6) is 0.962. The molecule has 0 bridgehead atoms. The summed E-state index contributed by atoms with van der Waals surface area (Å²) in [6.45, 7) is 4.30. The van der Waals surface area contributed by atoms with Crippen LogP contribution in [0, 0.1) is 0 Å². The number of hydrogen-bond donors (Lipinski definition) is 0. The van der Waals surface area contributed by atoms with Crippen LogP contribution in [0.25, 0.3) is 16.8 Å². The summed E-state index contributed by atoms with van der Waals surface area (Å²) in [4.78, 5) is 27.4. The first-order valence-electron chi connectivity index (χ1n) is 10.6. The van der Waals surface area contributed by atoms with Crippen molar-refractivity contribution in [2.24, 2.45) is 0 Å². The standard InChI is InChI=1S/C26H25NO4S/c1-4-17(2)31-22-13-12-18(14-23(22)30-3)15-24-25(28)27(26(29)32-24)16-20-10-7-9-19-8-5-6-11-21(19)20/h5-15,17H,4,16H2,1-3H3/b24-15-/t17-/m1/s1. The maximum Gasteiger partial charge on any atom is 0.293 e. The van der Waals surface area contributed by atoms with Crippen molar-refractivity contribution in [3.05, 3.63) is 76.7 Å². The van der Waals surface area contributed by atoms with Crippen LogP contribution in [0.5, 0.6) is 11.5 Å². The summed E-state index contributed by atoms with van der Waals surface area (Å²) in [7, 11) is 1.58. The van der Waals surface area contributed by atoms with Gasteiger partial charge in [0, 0.05) is 0 Å². The molecule has 0 spiro atoms. The molecule has 6 heteroatoms. The van der Waals surface area contributed by atoms with E-state index in [1.54, 1.807) is 13.2 Å². The van der Waals surface area contributed by atoms with Gasteiger partial charge in [-0.1, -0.05) is 55.5 Å². The molecule has 0 aromatic heterocycles. The Labute approximate surface area is 192 Å². The Morgan fingerprint density at radius 2 is 1.81 bits per heavy atom. The van der Waals surface area contributed by atoms with Crippen molar-refractivity contribution in [2.45, 2.75) is 32.9 Å². The number of methoxy groups -OCH3 is 1. The Morgan fingerprint density at radius 1 is 1.03 bits per heavy atom. The Balaban J connectivity index is 1.57. The lowest BCUT2D eigenvalue weighted by atomic mass is 10.0. The lowest BCUT2D eigenvalue weighted by molar-refractivity contribution is -0.123. The molecule has 2 amide bonds. The van der Waals surface area contributed by atoms with E-state index in [-0.39, 0.29) is 23.8 Å². The molecule has 1 saturated heterocycles. The monoisotopic (exact) mass is 447 g/mol. The molecule has 32 heavy (non-hydrogen) atoms. The van der Waals surface area contributed by atoms with Crippen molar-refractivity contribution in [3.63, 3.8) is 0 Å². The third-order valence-corrected chi connectivity index (χ3v) is 6.38.